The van der Waals surface area contributed by atoms with Crippen LogP contribution in [0.25, 0.3) is 0 Å². The topological polar surface area (TPSA) is 88.9 Å². The number of furan rings is 1. The summed E-state index contributed by atoms with van der Waals surface area (Å²) in [5.41, 5.74) is 0.138. The van der Waals surface area contributed by atoms with Crippen LogP contribution in [0.3, 0.4) is 0 Å². The Balaban J connectivity index is 1.85. The third-order valence-electron chi connectivity index (χ3n) is 4.18. The van der Waals surface area contributed by atoms with Crippen LogP contribution in [0.15, 0.2) is 39.6 Å². The molecule has 0 aliphatic carbocycles. The van der Waals surface area contributed by atoms with Gasteiger partial charge < -0.3 is 14.1 Å². The van der Waals surface area contributed by atoms with Crippen LogP contribution in [0.1, 0.15) is 28.0 Å². The number of sulfonamides is 1. The van der Waals surface area contributed by atoms with Crippen molar-refractivity contribution in [2.45, 2.75) is 17.9 Å². The number of benzene rings is 1. The number of rotatable bonds is 4. The second kappa shape index (κ2) is 7.40. The number of carbonyl (C=O) groups is 1. The van der Waals surface area contributed by atoms with E-state index in [-0.39, 0.29) is 27.5 Å². The molecule has 1 aromatic heterocycles. The van der Waals surface area contributed by atoms with Crippen LogP contribution in [-0.2, 0) is 14.8 Å². The fourth-order valence-electron chi connectivity index (χ4n) is 2.76. The van der Waals surface area contributed by atoms with Crippen molar-refractivity contribution in [3.8, 4) is 0 Å². The van der Waals surface area contributed by atoms with Gasteiger partial charge in [0.05, 0.1) is 28.6 Å². The molecule has 1 aliphatic heterocycles. The van der Waals surface area contributed by atoms with E-state index >= 15 is 0 Å². The molecule has 1 N–H and O–H groups in total. The van der Waals surface area contributed by atoms with E-state index in [4.69, 9.17) is 20.8 Å². The summed E-state index contributed by atoms with van der Waals surface area (Å²) < 4.78 is 37.5. The molecule has 9 heteroatoms. The lowest BCUT2D eigenvalue weighted by Gasteiger charge is -2.32. The van der Waals surface area contributed by atoms with Crippen LogP contribution in [0, 0.1) is 6.92 Å². The van der Waals surface area contributed by atoms with Gasteiger partial charge in [-0.25, -0.2) is 13.1 Å². The standard InChI is InChI=1S/C17H19ClN2O5S/c1-11-3-6-15(25-11)16-10-20(7-8-24-16)17(21)13-9-12(4-5-14(13)18)26(22,23)19-2/h3-6,9,16,19H,7-8,10H2,1-2H3. The molecular weight excluding hydrogens is 380 g/mol. The van der Waals surface area contributed by atoms with Crippen molar-refractivity contribution < 1.29 is 22.4 Å². The summed E-state index contributed by atoms with van der Waals surface area (Å²) in [6, 6.07) is 7.72. The van der Waals surface area contributed by atoms with Gasteiger partial charge in [-0.1, -0.05) is 11.6 Å². The number of hydrogen-bond acceptors (Lipinski definition) is 5. The third-order valence-corrected chi connectivity index (χ3v) is 5.92. The molecule has 2 aromatic rings. The monoisotopic (exact) mass is 398 g/mol. The van der Waals surface area contributed by atoms with Gasteiger partial charge in [0.1, 0.15) is 17.6 Å². The zero-order valence-corrected chi connectivity index (χ0v) is 15.9. The fraction of sp³-hybridized carbons (Fsp3) is 0.353. The number of aryl methyl sites for hydroxylation is 1. The quantitative estimate of drug-likeness (QED) is 0.854. The van der Waals surface area contributed by atoms with Crippen LogP contribution in [0.4, 0.5) is 0 Å². The average molecular weight is 399 g/mol. The van der Waals surface area contributed by atoms with Crippen LogP contribution in [0.2, 0.25) is 5.02 Å². The molecule has 3 rings (SSSR count). The van der Waals surface area contributed by atoms with E-state index in [9.17, 15) is 13.2 Å². The lowest BCUT2D eigenvalue weighted by molar-refractivity contribution is -0.0324. The molecule has 1 aromatic carbocycles. The summed E-state index contributed by atoms with van der Waals surface area (Å²) in [4.78, 5) is 14.5. The molecule has 0 radical (unpaired) electrons. The van der Waals surface area contributed by atoms with Crippen molar-refractivity contribution in [3.63, 3.8) is 0 Å². The Bertz CT molecular complexity index is 925. The van der Waals surface area contributed by atoms with Crippen molar-refractivity contribution in [1.29, 1.82) is 0 Å². The molecular formula is C17H19ClN2O5S. The van der Waals surface area contributed by atoms with E-state index < -0.39 is 10.0 Å². The second-order valence-corrected chi connectivity index (χ2v) is 8.20. The first-order valence-corrected chi connectivity index (χ1v) is 9.88. The molecule has 1 aliphatic rings. The zero-order chi connectivity index (χ0) is 18.9. The Morgan fingerprint density at radius 3 is 2.73 bits per heavy atom. The summed E-state index contributed by atoms with van der Waals surface area (Å²) in [6.07, 6.45) is -0.371. The second-order valence-electron chi connectivity index (χ2n) is 5.91. The molecule has 1 atom stereocenters. The van der Waals surface area contributed by atoms with Crippen molar-refractivity contribution in [3.05, 3.63) is 52.4 Å². The first kappa shape index (κ1) is 18.9. The number of ether oxygens (including phenoxy) is 1. The maximum Gasteiger partial charge on any atom is 0.255 e. The molecule has 0 spiro atoms. The zero-order valence-electron chi connectivity index (χ0n) is 14.4. The number of nitrogens with zero attached hydrogens (tertiary/aromatic N) is 1. The van der Waals surface area contributed by atoms with Gasteiger partial charge in [0.25, 0.3) is 5.91 Å². The van der Waals surface area contributed by atoms with E-state index in [1.807, 2.05) is 19.1 Å². The molecule has 2 heterocycles. The van der Waals surface area contributed by atoms with Crippen LogP contribution in [0.5, 0.6) is 0 Å². The van der Waals surface area contributed by atoms with Crippen molar-refractivity contribution in [2.75, 3.05) is 26.7 Å². The van der Waals surface area contributed by atoms with Gasteiger partial charge >= 0.3 is 0 Å². The average Bonchev–Trinajstić information content (AvgIpc) is 3.08. The van der Waals surface area contributed by atoms with Gasteiger partial charge in [0, 0.05) is 6.54 Å². The lowest BCUT2D eigenvalue weighted by Crippen LogP contribution is -2.42. The normalized spacial score (nSPS) is 18.1. The van der Waals surface area contributed by atoms with Crippen LogP contribution < -0.4 is 4.72 Å². The molecule has 0 bridgehead atoms. The molecule has 7 nitrogen and oxygen atoms in total. The Kier molecular flexibility index (Phi) is 5.38. The Hall–Kier alpha value is -1.87. The number of amides is 1. The smallest absolute Gasteiger partial charge is 0.255 e. The number of hydrogen-bond donors (Lipinski definition) is 1. The summed E-state index contributed by atoms with van der Waals surface area (Å²) in [6.45, 7) is 2.87. The maximum atomic E-state index is 12.9. The molecule has 26 heavy (non-hydrogen) atoms. The molecule has 140 valence electrons. The number of halogens is 1. The number of carbonyl (C=O) groups excluding carboxylic acids is 1. The highest BCUT2D eigenvalue weighted by molar-refractivity contribution is 7.89. The number of morpholine rings is 1. The van der Waals surface area contributed by atoms with E-state index in [1.54, 1.807) is 4.90 Å². The van der Waals surface area contributed by atoms with Gasteiger partial charge in [-0.15, -0.1) is 0 Å². The molecule has 1 saturated heterocycles. The van der Waals surface area contributed by atoms with Crippen molar-refractivity contribution >= 4 is 27.5 Å². The highest BCUT2D eigenvalue weighted by Gasteiger charge is 2.29. The summed E-state index contributed by atoms with van der Waals surface area (Å²) in [5, 5.41) is 0.196. The summed E-state index contributed by atoms with van der Waals surface area (Å²) >= 11 is 6.15. The van der Waals surface area contributed by atoms with E-state index in [0.717, 1.165) is 5.76 Å². The van der Waals surface area contributed by atoms with Gasteiger partial charge in [-0.2, -0.15) is 0 Å². The Labute approximate surface area is 156 Å². The maximum absolute atomic E-state index is 12.9. The SMILES string of the molecule is CNS(=O)(=O)c1ccc(Cl)c(C(=O)N2CCOC(c3ccc(C)o3)C2)c1. The predicted molar refractivity (Wildman–Crippen MR) is 95.7 cm³/mol. The van der Waals surface area contributed by atoms with Crippen LogP contribution in [-0.4, -0.2) is 46.0 Å². The van der Waals surface area contributed by atoms with Gasteiger partial charge in [0.15, 0.2) is 0 Å². The summed E-state index contributed by atoms with van der Waals surface area (Å²) in [7, 11) is -2.36. The fourth-order valence-corrected chi connectivity index (χ4v) is 3.71. The van der Waals surface area contributed by atoms with Crippen molar-refractivity contribution in [1.82, 2.24) is 9.62 Å². The molecule has 1 amide bonds. The summed E-state index contributed by atoms with van der Waals surface area (Å²) in [5.74, 6) is 1.07. The Morgan fingerprint density at radius 2 is 2.08 bits per heavy atom. The van der Waals surface area contributed by atoms with E-state index in [0.29, 0.717) is 25.5 Å². The van der Waals surface area contributed by atoms with E-state index in [1.165, 1.54) is 25.2 Å². The third kappa shape index (κ3) is 3.78. The molecule has 1 fully saturated rings. The minimum atomic E-state index is -3.67. The largest absolute Gasteiger partial charge is 0.464 e. The van der Waals surface area contributed by atoms with Gasteiger partial charge in [-0.05, 0) is 44.3 Å². The molecule has 0 saturated carbocycles. The van der Waals surface area contributed by atoms with E-state index in [2.05, 4.69) is 4.72 Å². The van der Waals surface area contributed by atoms with Gasteiger partial charge in [-0.3, -0.25) is 4.79 Å². The highest BCUT2D eigenvalue weighted by Crippen LogP contribution is 2.27. The minimum absolute atomic E-state index is 0.0146. The van der Waals surface area contributed by atoms with Crippen molar-refractivity contribution in [2.24, 2.45) is 0 Å². The highest BCUT2D eigenvalue weighted by atomic mass is 35.5. The van der Waals surface area contributed by atoms with Crippen LogP contribution >= 0.6 is 11.6 Å². The Morgan fingerprint density at radius 1 is 1.31 bits per heavy atom. The predicted octanol–water partition coefficient (Wildman–Crippen LogP) is 2.36. The molecule has 1 unspecified atom stereocenters. The lowest BCUT2D eigenvalue weighted by atomic mass is 10.1. The number of nitrogens with one attached hydrogen (secondary N) is 1. The van der Waals surface area contributed by atoms with Gasteiger partial charge in [0.2, 0.25) is 10.0 Å². The minimum Gasteiger partial charge on any atom is -0.464 e. The first-order valence-electron chi connectivity index (χ1n) is 8.02. The first-order chi connectivity index (χ1) is 12.3.